The van der Waals surface area contributed by atoms with Gasteiger partial charge in [0.15, 0.2) is 5.69 Å². The normalized spacial score (nSPS) is 14.1. The molecule has 1 saturated heterocycles. The van der Waals surface area contributed by atoms with Crippen molar-refractivity contribution in [1.82, 2.24) is 25.5 Å². The monoisotopic (exact) mass is 469 g/mol. The highest BCUT2D eigenvalue weighted by Gasteiger charge is 2.29. The molecule has 0 aliphatic carbocycles. The summed E-state index contributed by atoms with van der Waals surface area (Å²) in [6.07, 6.45) is 0.606. The Morgan fingerprint density at radius 1 is 1.00 bits per heavy atom. The van der Waals surface area contributed by atoms with Crippen LogP contribution in [0.3, 0.4) is 0 Å². The van der Waals surface area contributed by atoms with Crippen LogP contribution in [0.1, 0.15) is 33.7 Å². The van der Waals surface area contributed by atoms with E-state index in [2.05, 4.69) is 16.0 Å². The number of amides is 3. The third-order valence-electron chi connectivity index (χ3n) is 5.79. The van der Waals surface area contributed by atoms with Crippen LogP contribution in [-0.4, -0.2) is 45.5 Å². The van der Waals surface area contributed by atoms with Crippen molar-refractivity contribution < 1.29 is 23.2 Å². The lowest BCUT2D eigenvalue weighted by Gasteiger charge is -2.31. The Bertz CT molecular complexity index is 1350. The van der Waals surface area contributed by atoms with Crippen LogP contribution < -0.4 is 16.4 Å². The van der Waals surface area contributed by atoms with Crippen molar-refractivity contribution >= 4 is 28.5 Å². The number of piperidine rings is 1. The topological polar surface area (TPSA) is 113 Å². The zero-order valence-electron chi connectivity index (χ0n) is 18.2. The molecule has 11 heteroatoms. The maximum atomic E-state index is 13.9. The molecule has 1 aromatic heterocycles. The molecule has 2 heterocycles. The Kier molecular flexibility index (Phi) is 6.35. The molecule has 0 atom stereocenters. The highest BCUT2D eigenvalue weighted by atomic mass is 19.1. The van der Waals surface area contributed by atoms with Gasteiger partial charge in [-0.2, -0.15) is 5.10 Å². The third kappa shape index (κ3) is 4.49. The number of nitrogens with one attached hydrogen (secondary N) is 2. The zero-order valence-corrected chi connectivity index (χ0v) is 18.2. The molecule has 176 valence electrons. The van der Waals surface area contributed by atoms with Crippen molar-refractivity contribution in [3.63, 3.8) is 0 Å². The second kappa shape index (κ2) is 9.38. The van der Waals surface area contributed by atoms with E-state index in [0.29, 0.717) is 29.7 Å². The van der Waals surface area contributed by atoms with Gasteiger partial charge in [0.2, 0.25) is 5.91 Å². The van der Waals surface area contributed by atoms with Crippen molar-refractivity contribution in [3.05, 3.63) is 75.7 Å². The molecule has 1 aliphatic heterocycles. The minimum absolute atomic E-state index is 0.0141. The van der Waals surface area contributed by atoms with Gasteiger partial charge in [0.1, 0.15) is 11.6 Å². The number of hydrazine groups is 1. The van der Waals surface area contributed by atoms with E-state index in [-0.39, 0.29) is 29.9 Å². The number of nitrogens with zero attached hydrogens (tertiary/aromatic N) is 3. The SMILES string of the molecule is Cn1nc(C(=O)NNC(=O)C2CCN(C(=O)c3ccc(F)cc3F)CC2)c2ccccc2c1=O. The number of halogens is 2. The van der Waals surface area contributed by atoms with Crippen LogP contribution >= 0.6 is 0 Å². The summed E-state index contributed by atoms with van der Waals surface area (Å²) in [6.45, 7) is 0.406. The number of hydrogen-bond donors (Lipinski definition) is 2. The summed E-state index contributed by atoms with van der Waals surface area (Å²) in [7, 11) is 1.43. The fourth-order valence-corrected chi connectivity index (χ4v) is 3.93. The predicted octanol–water partition coefficient (Wildman–Crippen LogP) is 1.53. The summed E-state index contributed by atoms with van der Waals surface area (Å²) < 4.78 is 28.0. The zero-order chi connectivity index (χ0) is 24.4. The Morgan fingerprint density at radius 3 is 2.35 bits per heavy atom. The molecule has 2 N–H and O–H groups in total. The van der Waals surface area contributed by atoms with Gasteiger partial charge in [-0.05, 0) is 31.0 Å². The fourth-order valence-electron chi connectivity index (χ4n) is 3.93. The first kappa shape index (κ1) is 23.0. The van der Waals surface area contributed by atoms with Crippen LogP contribution in [0.5, 0.6) is 0 Å². The minimum atomic E-state index is -0.938. The number of carbonyl (C=O) groups is 3. The quantitative estimate of drug-likeness (QED) is 0.565. The Balaban J connectivity index is 1.36. The van der Waals surface area contributed by atoms with Crippen molar-refractivity contribution in [2.75, 3.05) is 13.1 Å². The number of likely N-dealkylation sites (tertiary alicyclic amines) is 1. The number of benzene rings is 2. The van der Waals surface area contributed by atoms with Crippen LogP contribution in [-0.2, 0) is 11.8 Å². The first-order valence-electron chi connectivity index (χ1n) is 10.6. The fraction of sp³-hybridized carbons (Fsp3) is 0.261. The molecule has 0 spiro atoms. The molecule has 0 unspecified atom stereocenters. The highest BCUT2D eigenvalue weighted by Crippen LogP contribution is 2.21. The first-order chi connectivity index (χ1) is 16.3. The van der Waals surface area contributed by atoms with Crippen molar-refractivity contribution in [2.45, 2.75) is 12.8 Å². The van der Waals surface area contributed by atoms with Crippen LogP contribution in [0.25, 0.3) is 10.8 Å². The lowest BCUT2D eigenvalue weighted by molar-refractivity contribution is -0.127. The van der Waals surface area contributed by atoms with E-state index < -0.39 is 35.3 Å². The van der Waals surface area contributed by atoms with Crippen molar-refractivity contribution in [1.29, 1.82) is 0 Å². The molecule has 3 aromatic rings. The van der Waals surface area contributed by atoms with E-state index in [4.69, 9.17) is 0 Å². The number of fused-ring (bicyclic) bond motifs is 1. The molecule has 9 nitrogen and oxygen atoms in total. The van der Waals surface area contributed by atoms with Crippen LogP contribution in [0.4, 0.5) is 8.78 Å². The van der Waals surface area contributed by atoms with Gasteiger partial charge in [0.05, 0.1) is 10.9 Å². The smallest absolute Gasteiger partial charge is 0.290 e. The summed E-state index contributed by atoms with van der Waals surface area (Å²) in [5, 5.41) is 4.69. The molecule has 0 saturated carbocycles. The molecule has 4 rings (SSSR count). The van der Waals surface area contributed by atoms with Crippen LogP contribution in [0.2, 0.25) is 0 Å². The van der Waals surface area contributed by atoms with E-state index in [9.17, 15) is 28.0 Å². The summed E-state index contributed by atoms with van der Waals surface area (Å²) in [4.78, 5) is 51.3. The molecular weight excluding hydrogens is 448 g/mol. The predicted molar refractivity (Wildman–Crippen MR) is 118 cm³/mol. The number of carbonyl (C=O) groups excluding carboxylic acids is 3. The third-order valence-corrected chi connectivity index (χ3v) is 5.79. The standard InChI is InChI=1S/C23H21F2N5O4/c1-29-22(33)16-5-3-2-4-15(16)19(28-29)21(32)27-26-20(31)13-8-10-30(11-9-13)23(34)17-7-6-14(24)12-18(17)25/h2-7,12-13H,8-11H2,1H3,(H,26,31)(H,27,32). The largest absolute Gasteiger partial charge is 0.339 e. The Hall–Kier alpha value is -4.15. The van der Waals surface area contributed by atoms with Gasteiger partial charge < -0.3 is 4.90 Å². The maximum absolute atomic E-state index is 13.9. The van der Waals surface area contributed by atoms with Gasteiger partial charge in [-0.25, -0.2) is 13.5 Å². The van der Waals surface area contributed by atoms with Gasteiger partial charge >= 0.3 is 0 Å². The number of aryl methyl sites for hydroxylation is 1. The molecule has 1 aliphatic rings. The second-order valence-corrected chi connectivity index (χ2v) is 7.96. The highest BCUT2D eigenvalue weighted by molar-refractivity contribution is 6.05. The van der Waals surface area contributed by atoms with E-state index in [1.807, 2.05) is 0 Å². The molecule has 0 bridgehead atoms. The number of rotatable bonds is 3. The van der Waals surface area contributed by atoms with Crippen molar-refractivity contribution in [2.24, 2.45) is 13.0 Å². The Morgan fingerprint density at radius 2 is 1.68 bits per heavy atom. The van der Waals surface area contributed by atoms with Crippen molar-refractivity contribution in [3.8, 4) is 0 Å². The molecule has 2 aromatic carbocycles. The van der Waals surface area contributed by atoms with Gasteiger partial charge in [-0.1, -0.05) is 18.2 Å². The van der Waals surface area contributed by atoms with E-state index in [1.54, 1.807) is 24.3 Å². The van der Waals surface area contributed by atoms with Crippen LogP contribution in [0, 0.1) is 17.6 Å². The molecule has 0 radical (unpaired) electrons. The second-order valence-electron chi connectivity index (χ2n) is 7.96. The first-order valence-corrected chi connectivity index (χ1v) is 10.6. The molecule has 1 fully saturated rings. The van der Waals surface area contributed by atoms with Gasteiger partial charge in [0, 0.05) is 37.5 Å². The van der Waals surface area contributed by atoms with Gasteiger partial charge in [-0.3, -0.25) is 30.0 Å². The van der Waals surface area contributed by atoms with E-state index in [0.717, 1.165) is 16.8 Å². The summed E-state index contributed by atoms with van der Waals surface area (Å²) in [6, 6.07) is 9.29. The Labute approximate surface area is 192 Å². The van der Waals surface area contributed by atoms with E-state index in [1.165, 1.54) is 11.9 Å². The van der Waals surface area contributed by atoms with E-state index >= 15 is 0 Å². The lowest BCUT2D eigenvalue weighted by Crippen LogP contribution is -2.48. The average Bonchev–Trinajstić information content (AvgIpc) is 2.84. The minimum Gasteiger partial charge on any atom is -0.339 e. The molecule has 3 amide bonds. The molecule has 34 heavy (non-hydrogen) atoms. The van der Waals surface area contributed by atoms with Gasteiger partial charge in [0.25, 0.3) is 17.4 Å². The summed E-state index contributed by atoms with van der Waals surface area (Å²) in [5.41, 5.74) is 4.10. The van der Waals surface area contributed by atoms with Crippen LogP contribution in [0.15, 0.2) is 47.3 Å². The number of hydrogen-bond acceptors (Lipinski definition) is 5. The molecular formula is C23H21F2N5O4. The summed E-state index contributed by atoms with van der Waals surface area (Å²) in [5.74, 6) is -3.88. The lowest BCUT2D eigenvalue weighted by atomic mass is 9.95. The average molecular weight is 469 g/mol. The van der Waals surface area contributed by atoms with Gasteiger partial charge in [-0.15, -0.1) is 0 Å². The maximum Gasteiger partial charge on any atom is 0.290 e. The summed E-state index contributed by atoms with van der Waals surface area (Å²) >= 11 is 0. The number of aromatic nitrogens is 2.